The van der Waals surface area contributed by atoms with Gasteiger partial charge in [-0.1, -0.05) is 26.0 Å². The number of benzene rings is 2. The van der Waals surface area contributed by atoms with E-state index in [0.717, 1.165) is 11.3 Å². The van der Waals surface area contributed by atoms with Crippen LogP contribution in [0.2, 0.25) is 0 Å². The fourth-order valence-electron chi connectivity index (χ4n) is 2.46. The highest BCUT2D eigenvalue weighted by molar-refractivity contribution is 7.92. The van der Waals surface area contributed by atoms with Crippen LogP contribution in [0.3, 0.4) is 0 Å². The molecule has 0 aliphatic heterocycles. The third-order valence-corrected chi connectivity index (χ3v) is 5.42. The Morgan fingerprint density at radius 2 is 1.50 bits per heavy atom. The number of nitriles is 1. The van der Waals surface area contributed by atoms with Crippen molar-refractivity contribution in [1.82, 2.24) is 10.2 Å². The summed E-state index contributed by atoms with van der Waals surface area (Å²) in [5.74, 6) is 0.902. The van der Waals surface area contributed by atoms with Gasteiger partial charge in [0.05, 0.1) is 16.5 Å². The smallest absolute Gasteiger partial charge is 0.263 e. The molecule has 0 atom stereocenters. The summed E-state index contributed by atoms with van der Waals surface area (Å²) in [4.78, 5) is 0.165. The molecule has 0 spiro atoms. The van der Waals surface area contributed by atoms with E-state index in [1.807, 2.05) is 19.9 Å². The van der Waals surface area contributed by atoms with Gasteiger partial charge in [0.15, 0.2) is 11.6 Å². The Kier molecular flexibility index (Phi) is 5.57. The summed E-state index contributed by atoms with van der Waals surface area (Å²) < 4.78 is 27.4. The van der Waals surface area contributed by atoms with Crippen LogP contribution in [-0.2, 0) is 10.0 Å². The van der Waals surface area contributed by atoms with Crippen LogP contribution in [0.5, 0.6) is 0 Å². The van der Waals surface area contributed by atoms with E-state index in [-0.39, 0.29) is 10.7 Å². The van der Waals surface area contributed by atoms with E-state index in [4.69, 9.17) is 5.26 Å². The normalized spacial score (nSPS) is 11.1. The summed E-state index contributed by atoms with van der Waals surface area (Å²) in [5.41, 5.74) is 2.37. The average Bonchev–Trinajstić information content (AvgIpc) is 2.70. The largest absolute Gasteiger partial charge is 0.339 e. The number of anilines is 3. The molecule has 1 aromatic heterocycles. The van der Waals surface area contributed by atoms with Gasteiger partial charge in [-0.05, 0) is 60.0 Å². The molecule has 0 saturated carbocycles. The summed E-state index contributed by atoms with van der Waals surface area (Å²) in [6, 6.07) is 18.8. The van der Waals surface area contributed by atoms with Gasteiger partial charge in [-0.15, -0.1) is 10.2 Å². The molecule has 1 heterocycles. The molecule has 3 aromatic rings. The molecule has 2 aromatic carbocycles. The van der Waals surface area contributed by atoms with Gasteiger partial charge in [-0.25, -0.2) is 8.42 Å². The minimum atomic E-state index is -3.74. The molecular weight excluding hydrogens is 374 g/mol. The van der Waals surface area contributed by atoms with Gasteiger partial charge in [0.2, 0.25) is 0 Å². The monoisotopic (exact) mass is 393 g/mol. The third kappa shape index (κ3) is 4.64. The molecule has 8 heteroatoms. The van der Waals surface area contributed by atoms with Gasteiger partial charge in [-0.3, -0.25) is 4.72 Å². The summed E-state index contributed by atoms with van der Waals surface area (Å²) in [6.45, 7) is 4.09. The lowest BCUT2D eigenvalue weighted by Crippen LogP contribution is -2.14. The number of nitrogens with one attached hydrogen (secondary N) is 2. The van der Waals surface area contributed by atoms with Gasteiger partial charge in [0.25, 0.3) is 10.0 Å². The van der Waals surface area contributed by atoms with E-state index < -0.39 is 10.0 Å². The van der Waals surface area contributed by atoms with Crippen LogP contribution in [-0.4, -0.2) is 18.6 Å². The quantitative estimate of drug-likeness (QED) is 0.655. The van der Waals surface area contributed by atoms with Crippen LogP contribution in [0.1, 0.15) is 30.9 Å². The molecule has 0 fully saturated rings. The first-order valence-corrected chi connectivity index (χ1v) is 10.1. The second kappa shape index (κ2) is 8.06. The second-order valence-electron chi connectivity index (χ2n) is 6.45. The number of rotatable bonds is 6. The Hall–Kier alpha value is -3.44. The van der Waals surface area contributed by atoms with Crippen LogP contribution in [0.4, 0.5) is 17.3 Å². The molecule has 0 unspecified atom stereocenters. The van der Waals surface area contributed by atoms with Crippen molar-refractivity contribution in [2.75, 3.05) is 10.0 Å². The summed E-state index contributed by atoms with van der Waals surface area (Å²) >= 11 is 0. The lowest BCUT2D eigenvalue weighted by molar-refractivity contribution is 0.601. The van der Waals surface area contributed by atoms with E-state index in [9.17, 15) is 8.42 Å². The van der Waals surface area contributed by atoms with E-state index in [1.54, 1.807) is 54.6 Å². The second-order valence-corrected chi connectivity index (χ2v) is 8.13. The molecule has 0 radical (unpaired) electrons. The SMILES string of the molecule is CC(C)c1ccc(S(=O)(=O)Nc2ccc(Nc3ccc(C#N)cc3)nn2)cc1. The minimum Gasteiger partial charge on any atom is -0.339 e. The summed E-state index contributed by atoms with van der Waals surface area (Å²) in [5, 5.41) is 19.7. The summed E-state index contributed by atoms with van der Waals surface area (Å²) in [6.07, 6.45) is 0. The Bertz CT molecular complexity index is 1090. The molecule has 142 valence electrons. The molecule has 0 amide bonds. The van der Waals surface area contributed by atoms with Gasteiger partial charge >= 0.3 is 0 Å². The molecule has 3 rings (SSSR count). The van der Waals surface area contributed by atoms with Crippen molar-refractivity contribution in [3.63, 3.8) is 0 Å². The van der Waals surface area contributed by atoms with Crippen LogP contribution in [0, 0.1) is 11.3 Å². The molecule has 7 nitrogen and oxygen atoms in total. The fourth-order valence-corrected chi connectivity index (χ4v) is 3.45. The van der Waals surface area contributed by atoms with Crippen molar-refractivity contribution in [2.45, 2.75) is 24.7 Å². The van der Waals surface area contributed by atoms with Crippen molar-refractivity contribution in [1.29, 1.82) is 5.26 Å². The fraction of sp³-hybridized carbons (Fsp3) is 0.150. The Balaban J connectivity index is 1.69. The number of sulfonamides is 1. The highest BCUT2D eigenvalue weighted by Crippen LogP contribution is 2.20. The maximum absolute atomic E-state index is 12.5. The topological polar surface area (TPSA) is 108 Å². The van der Waals surface area contributed by atoms with Crippen LogP contribution < -0.4 is 10.0 Å². The highest BCUT2D eigenvalue weighted by Gasteiger charge is 2.15. The number of nitrogens with zero attached hydrogens (tertiary/aromatic N) is 3. The number of aromatic nitrogens is 2. The van der Waals surface area contributed by atoms with Crippen LogP contribution in [0.15, 0.2) is 65.6 Å². The average molecular weight is 393 g/mol. The first kappa shape index (κ1) is 19.3. The van der Waals surface area contributed by atoms with Gasteiger partial charge in [0, 0.05) is 5.69 Å². The first-order chi connectivity index (χ1) is 13.4. The number of hydrogen-bond acceptors (Lipinski definition) is 6. The van der Waals surface area contributed by atoms with Crippen LogP contribution in [0.25, 0.3) is 0 Å². The molecule has 0 aliphatic carbocycles. The third-order valence-electron chi connectivity index (χ3n) is 4.05. The maximum atomic E-state index is 12.5. The zero-order valence-corrected chi connectivity index (χ0v) is 16.2. The van der Waals surface area contributed by atoms with E-state index in [2.05, 4.69) is 20.2 Å². The van der Waals surface area contributed by atoms with Crippen LogP contribution >= 0.6 is 0 Å². The lowest BCUT2D eigenvalue weighted by Gasteiger charge is -2.10. The zero-order valence-electron chi connectivity index (χ0n) is 15.4. The van der Waals surface area contributed by atoms with Crippen molar-refractivity contribution in [3.05, 3.63) is 71.8 Å². The van der Waals surface area contributed by atoms with Gasteiger partial charge < -0.3 is 5.32 Å². The lowest BCUT2D eigenvalue weighted by atomic mass is 10.0. The Morgan fingerprint density at radius 1 is 0.893 bits per heavy atom. The van der Waals surface area contributed by atoms with Gasteiger partial charge in [-0.2, -0.15) is 5.26 Å². The molecule has 28 heavy (non-hydrogen) atoms. The molecular formula is C20H19N5O2S. The zero-order chi connectivity index (χ0) is 20.1. The molecule has 0 saturated heterocycles. The summed E-state index contributed by atoms with van der Waals surface area (Å²) in [7, 11) is -3.74. The van der Waals surface area contributed by atoms with Crippen molar-refractivity contribution in [2.24, 2.45) is 0 Å². The first-order valence-electron chi connectivity index (χ1n) is 8.61. The van der Waals surface area contributed by atoms with Crippen molar-refractivity contribution < 1.29 is 8.42 Å². The molecule has 2 N–H and O–H groups in total. The van der Waals surface area contributed by atoms with Gasteiger partial charge in [0.1, 0.15) is 0 Å². The van der Waals surface area contributed by atoms with E-state index in [1.165, 1.54) is 6.07 Å². The molecule has 0 aliphatic rings. The predicted molar refractivity (Wildman–Crippen MR) is 108 cm³/mol. The molecule has 0 bridgehead atoms. The Labute approximate surface area is 164 Å². The predicted octanol–water partition coefficient (Wildman–Crippen LogP) is 4.02. The Morgan fingerprint density at radius 3 is 2.04 bits per heavy atom. The maximum Gasteiger partial charge on any atom is 0.263 e. The highest BCUT2D eigenvalue weighted by atomic mass is 32.2. The van der Waals surface area contributed by atoms with Crippen molar-refractivity contribution in [3.8, 4) is 6.07 Å². The minimum absolute atomic E-state index is 0.123. The number of hydrogen-bond donors (Lipinski definition) is 2. The van der Waals surface area contributed by atoms with E-state index in [0.29, 0.717) is 17.3 Å². The standard InChI is InChI=1S/C20H19N5O2S/c1-14(2)16-5-9-18(10-6-16)28(26,27)25-20-12-11-19(23-24-20)22-17-7-3-15(13-21)4-8-17/h3-12,14H,1-2H3,(H,22,23)(H,24,25). The van der Waals surface area contributed by atoms with Crippen molar-refractivity contribution >= 4 is 27.3 Å². The van der Waals surface area contributed by atoms with E-state index >= 15 is 0 Å².